The predicted molar refractivity (Wildman–Crippen MR) is 91.4 cm³/mol. The second-order valence-corrected chi connectivity index (χ2v) is 6.05. The van der Waals surface area contributed by atoms with Crippen molar-refractivity contribution in [3.63, 3.8) is 0 Å². The molecule has 0 aliphatic rings. The molecule has 0 heterocycles. The summed E-state index contributed by atoms with van der Waals surface area (Å²) in [6.45, 7) is 4.59. The molecule has 0 amide bonds. The second kappa shape index (κ2) is 15.4. The van der Waals surface area contributed by atoms with E-state index in [0.717, 1.165) is 51.4 Å². The maximum atomic E-state index is 11.6. The van der Waals surface area contributed by atoms with Gasteiger partial charge in [0.1, 0.15) is 0 Å². The molecule has 2 N–H and O–H groups in total. The van der Waals surface area contributed by atoms with Gasteiger partial charge in [-0.15, -0.1) is 0 Å². The van der Waals surface area contributed by atoms with Crippen LogP contribution in [0.15, 0.2) is 0 Å². The van der Waals surface area contributed by atoms with Crippen molar-refractivity contribution in [2.75, 3.05) is 13.2 Å². The highest BCUT2D eigenvalue weighted by molar-refractivity contribution is 5.85. The van der Waals surface area contributed by atoms with Crippen LogP contribution >= 0.6 is 0 Å². The Morgan fingerprint density at radius 2 is 1.00 bits per heavy atom. The molecule has 0 aliphatic carbocycles. The average molecular weight is 346 g/mol. The quantitative estimate of drug-likeness (QED) is 0.350. The Morgan fingerprint density at radius 3 is 1.33 bits per heavy atom. The van der Waals surface area contributed by atoms with Gasteiger partial charge in [-0.3, -0.25) is 0 Å². The van der Waals surface area contributed by atoms with Gasteiger partial charge >= 0.3 is 11.9 Å². The normalized spacial score (nSPS) is 13.3. The molecule has 0 bridgehead atoms. The number of carbonyl (C=O) groups is 2. The molecular weight excluding hydrogens is 312 g/mol. The molecular formula is C18H34O6. The standard InChI is InChI=1S/C18H34O6/c1-3-5-7-9-11-13-23-17(21)15(19)16(20)18(22)24-14-12-10-8-6-4-2/h15-16,19-20H,3-14H2,1-2H3/t15-,16-/m1/s1. The molecule has 0 spiro atoms. The van der Waals surface area contributed by atoms with Gasteiger partial charge in [0.2, 0.25) is 0 Å². The fourth-order valence-corrected chi connectivity index (χ4v) is 2.19. The first-order valence-electron chi connectivity index (χ1n) is 9.24. The lowest BCUT2D eigenvalue weighted by Gasteiger charge is -2.16. The van der Waals surface area contributed by atoms with Crippen LogP contribution in [0, 0.1) is 0 Å². The van der Waals surface area contributed by atoms with Crippen molar-refractivity contribution < 1.29 is 29.3 Å². The summed E-state index contributed by atoms with van der Waals surface area (Å²) in [6, 6.07) is 0. The summed E-state index contributed by atoms with van der Waals surface area (Å²) < 4.78 is 9.74. The van der Waals surface area contributed by atoms with Gasteiger partial charge in [-0.25, -0.2) is 9.59 Å². The topological polar surface area (TPSA) is 93.1 Å². The Kier molecular flexibility index (Phi) is 14.7. The minimum absolute atomic E-state index is 0.179. The molecule has 24 heavy (non-hydrogen) atoms. The molecule has 0 aromatic heterocycles. The number of rotatable bonds is 15. The molecule has 0 aromatic carbocycles. The number of hydrogen-bond donors (Lipinski definition) is 2. The van der Waals surface area contributed by atoms with Crippen LogP contribution in [0.3, 0.4) is 0 Å². The summed E-state index contributed by atoms with van der Waals surface area (Å²) in [5.74, 6) is -1.98. The van der Waals surface area contributed by atoms with Gasteiger partial charge in [0.05, 0.1) is 13.2 Å². The number of carbonyl (C=O) groups excluding carboxylic acids is 2. The smallest absolute Gasteiger partial charge is 0.338 e. The van der Waals surface area contributed by atoms with Crippen LogP contribution < -0.4 is 0 Å². The molecule has 6 heteroatoms. The first-order valence-corrected chi connectivity index (χ1v) is 9.24. The van der Waals surface area contributed by atoms with E-state index in [9.17, 15) is 19.8 Å². The van der Waals surface area contributed by atoms with Crippen molar-refractivity contribution in [1.29, 1.82) is 0 Å². The van der Waals surface area contributed by atoms with E-state index in [1.165, 1.54) is 0 Å². The van der Waals surface area contributed by atoms with E-state index < -0.39 is 24.1 Å². The SMILES string of the molecule is CCCCCCCOC(=O)[C@H](O)[C@@H](O)C(=O)OCCCCCCC. The van der Waals surface area contributed by atoms with Gasteiger partial charge in [0.15, 0.2) is 12.2 Å². The zero-order valence-corrected chi connectivity index (χ0v) is 15.2. The minimum Gasteiger partial charge on any atom is -0.464 e. The maximum absolute atomic E-state index is 11.6. The highest BCUT2D eigenvalue weighted by Crippen LogP contribution is 2.06. The van der Waals surface area contributed by atoms with Gasteiger partial charge in [-0.1, -0.05) is 65.2 Å². The first kappa shape index (κ1) is 22.9. The van der Waals surface area contributed by atoms with E-state index in [1.54, 1.807) is 0 Å². The summed E-state index contributed by atoms with van der Waals surface area (Å²) in [7, 11) is 0. The molecule has 2 atom stereocenters. The lowest BCUT2D eigenvalue weighted by atomic mass is 10.1. The lowest BCUT2D eigenvalue weighted by Crippen LogP contribution is -2.41. The Hall–Kier alpha value is -1.14. The monoisotopic (exact) mass is 346 g/mol. The Bertz CT molecular complexity index is 299. The Morgan fingerprint density at radius 1 is 0.667 bits per heavy atom. The van der Waals surface area contributed by atoms with Gasteiger partial charge in [-0.2, -0.15) is 0 Å². The van der Waals surface area contributed by atoms with Crippen molar-refractivity contribution in [3.05, 3.63) is 0 Å². The van der Waals surface area contributed by atoms with Crippen LogP contribution in [-0.4, -0.2) is 47.6 Å². The minimum atomic E-state index is -1.90. The summed E-state index contributed by atoms with van der Waals surface area (Å²) in [5, 5.41) is 19.3. The molecule has 0 radical (unpaired) electrons. The molecule has 0 aliphatic heterocycles. The summed E-state index contributed by atoms with van der Waals surface area (Å²) in [6.07, 6.45) is 6.19. The summed E-state index contributed by atoms with van der Waals surface area (Å²) in [5.41, 5.74) is 0. The third kappa shape index (κ3) is 11.4. The maximum Gasteiger partial charge on any atom is 0.338 e. The number of ether oxygens (including phenoxy) is 2. The van der Waals surface area contributed by atoms with E-state index in [2.05, 4.69) is 13.8 Å². The van der Waals surface area contributed by atoms with Crippen LogP contribution in [0.25, 0.3) is 0 Å². The number of aliphatic hydroxyl groups excluding tert-OH is 2. The van der Waals surface area contributed by atoms with Crippen LogP contribution in [-0.2, 0) is 19.1 Å². The largest absolute Gasteiger partial charge is 0.464 e. The molecule has 0 saturated heterocycles. The van der Waals surface area contributed by atoms with Crippen molar-refractivity contribution in [3.8, 4) is 0 Å². The van der Waals surface area contributed by atoms with Crippen molar-refractivity contribution in [1.82, 2.24) is 0 Å². The first-order chi connectivity index (χ1) is 11.5. The number of aliphatic hydroxyl groups is 2. The molecule has 0 unspecified atom stereocenters. The van der Waals surface area contributed by atoms with Gasteiger partial charge in [-0.05, 0) is 12.8 Å². The highest BCUT2D eigenvalue weighted by atomic mass is 16.6. The van der Waals surface area contributed by atoms with Crippen molar-refractivity contribution in [2.24, 2.45) is 0 Å². The van der Waals surface area contributed by atoms with Crippen LogP contribution in [0.5, 0.6) is 0 Å². The summed E-state index contributed by atoms with van der Waals surface area (Å²) >= 11 is 0. The van der Waals surface area contributed by atoms with Crippen molar-refractivity contribution in [2.45, 2.75) is 90.3 Å². The Labute approximate surface area is 145 Å². The lowest BCUT2D eigenvalue weighted by molar-refractivity contribution is -0.173. The summed E-state index contributed by atoms with van der Waals surface area (Å²) in [4.78, 5) is 23.2. The van der Waals surface area contributed by atoms with Gasteiger partial charge in [0.25, 0.3) is 0 Å². The van der Waals surface area contributed by atoms with Crippen molar-refractivity contribution >= 4 is 11.9 Å². The fourth-order valence-electron chi connectivity index (χ4n) is 2.19. The number of hydrogen-bond acceptors (Lipinski definition) is 6. The third-order valence-electron chi connectivity index (χ3n) is 3.77. The third-order valence-corrected chi connectivity index (χ3v) is 3.77. The molecule has 0 saturated carbocycles. The van der Waals surface area contributed by atoms with Gasteiger partial charge in [0, 0.05) is 0 Å². The fraction of sp³-hybridized carbons (Fsp3) is 0.889. The van der Waals surface area contributed by atoms with E-state index >= 15 is 0 Å². The number of esters is 2. The second-order valence-electron chi connectivity index (χ2n) is 6.05. The molecule has 0 rings (SSSR count). The zero-order valence-electron chi connectivity index (χ0n) is 15.2. The van der Waals surface area contributed by atoms with E-state index in [1.807, 2.05) is 0 Å². The van der Waals surface area contributed by atoms with Crippen LogP contribution in [0.2, 0.25) is 0 Å². The van der Waals surface area contributed by atoms with E-state index in [0.29, 0.717) is 12.8 Å². The zero-order chi connectivity index (χ0) is 18.2. The van der Waals surface area contributed by atoms with E-state index in [-0.39, 0.29) is 13.2 Å². The average Bonchev–Trinajstić information content (AvgIpc) is 2.59. The van der Waals surface area contributed by atoms with E-state index in [4.69, 9.17) is 9.47 Å². The molecule has 0 fully saturated rings. The van der Waals surface area contributed by atoms with Crippen LogP contribution in [0.1, 0.15) is 78.1 Å². The van der Waals surface area contributed by atoms with Crippen LogP contribution in [0.4, 0.5) is 0 Å². The Balaban J connectivity index is 3.83. The molecule has 0 aromatic rings. The molecule has 142 valence electrons. The number of unbranched alkanes of at least 4 members (excludes halogenated alkanes) is 8. The van der Waals surface area contributed by atoms with Gasteiger partial charge < -0.3 is 19.7 Å². The molecule has 6 nitrogen and oxygen atoms in total. The predicted octanol–water partition coefficient (Wildman–Crippen LogP) is 2.74. The highest BCUT2D eigenvalue weighted by Gasteiger charge is 2.32.